The third kappa shape index (κ3) is 9.99. The zero-order valence-corrected chi connectivity index (χ0v) is 26.4. The second-order valence-electron chi connectivity index (χ2n) is 9.17. The monoisotopic (exact) mass is 655 g/mol. The van der Waals surface area contributed by atoms with Crippen molar-refractivity contribution < 1.29 is 47.9 Å². The van der Waals surface area contributed by atoms with Gasteiger partial charge in [0.05, 0.1) is 62.8 Å². The summed E-state index contributed by atoms with van der Waals surface area (Å²) in [6, 6.07) is 21.3. The number of carbonyl (C=O) groups is 3. The molecule has 1 aliphatic rings. The lowest BCUT2D eigenvalue weighted by molar-refractivity contribution is -0.142. The molecule has 0 radical (unpaired) electrons. The molecule has 0 saturated heterocycles. The van der Waals surface area contributed by atoms with Gasteiger partial charge in [-0.05, 0) is 72.8 Å². The fraction of sp³-hybridized carbons (Fsp3) is 0.281. The molecule has 0 bridgehead atoms. The Morgan fingerprint density at radius 1 is 0.622 bits per heavy atom. The zero-order valence-electron chi connectivity index (χ0n) is 24.8. The molecule has 2 amide bonds. The number of carboxylic acid groups (broad SMARTS) is 1. The SMILES string of the molecule is COc1ccc(SC2=C(Sc3ccc(OC)cc3)C(=O)N(c3ccc(OCCOCCOCCOCC(=O)O)cc3)C2=O)cc1. The summed E-state index contributed by atoms with van der Waals surface area (Å²) >= 11 is 2.47. The number of ether oxygens (including phenoxy) is 6. The van der Waals surface area contributed by atoms with Crippen molar-refractivity contribution in [3.05, 3.63) is 82.6 Å². The van der Waals surface area contributed by atoms with Crippen LogP contribution in [0.4, 0.5) is 5.69 Å². The van der Waals surface area contributed by atoms with E-state index in [0.29, 0.717) is 52.6 Å². The predicted molar refractivity (Wildman–Crippen MR) is 169 cm³/mol. The van der Waals surface area contributed by atoms with Gasteiger partial charge in [0.1, 0.15) is 30.5 Å². The zero-order chi connectivity index (χ0) is 32.0. The summed E-state index contributed by atoms with van der Waals surface area (Å²) in [5.41, 5.74) is 0.427. The maximum atomic E-state index is 13.7. The standard InChI is InChI=1S/C32H33NO10S2/c1-38-23-7-11-26(12-8-23)44-29-30(45-27-13-9-24(39-2)10-14-27)32(37)33(31(29)36)22-3-5-25(6-4-22)43-20-19-41-16-15-40-17-18-42-21-28(34)35/h3-14H,15-21H2,1-2H3,(H,34,35). The minimum atomic E-state index is -1.02. The quantitative estimate of drug-likeness (QED) is 0.139. The number of thioether (sulfide) groups is 2. The average Bonchev–Trinajstić information content (AvgIpc) is 3.28. The molecule has 1 N–H and O–H groups in total. The third-order valence-corrected chi connectivity index (χ3v) is 8.43. The Bertz CT molecular complexity index is 1390. The molecular weight excluding hydrogens is 622 g/mol. The van der Waals surface area contributed by atoms with Crippen molar-refractivity contribution >= 4 is 47.0 Å². The second-order valence-corrected chi connectivity index (χ2v) is 11.3. The van der Waals surface area contributed by atoms with Gasteiger partial charge in [0.2, 0.25) is 0 Å². The molecule has 0 saturated carbocycles. The van der Waals surface area contributed by atoms with Crippen molar-refractivity contribution in [2.75, 3.05) is 65.4 Å². The van der Waals surface area contributed by atoms with E-state index in [1.165, 1.54) is 28.4 Å². The van der Waals surface area contributed by atoms with Gasteiger partial charge < -0.3 is 33.5 Å². The first-order valence-corrected chi connectivity index (χ1v) is 15.5. The lowest BCUT2D eigenvalue weighted by Crippen LogP contribution is -2.31. The van der Waals surface area contributed by atoms with Crippen LogP contribution in [0.1, 0.15) is 0 Å². The highest BCUT2D eigenvalue weighted by Crippen LogP contribution is 2.44. The Labute approximate surface area is 269 Å². The van der Waals surface area contributed by atoms with Crippen LogP contribution in [-0.2, 0) is 28.6 Å². The maximum absolute atomic E-state index is 13.7. The number of hydrogen-bond donors (Lipinski definition) is 1. The number of carboxylic acids is 1. The van der Waals surface area contributed by atoms with Crippen LogP contribution in [-0.4, -0.2) is 83.4 Å². The van der Waals surface area contributed by atoms with Crippen LogP contribution in [0.25, 0.3) is 0 Å². The fourth-order valence-corrected chi connectivity index (χ4v) is 5.92. The van der Waals surface area contributed by atoms with Crippen LogP contribution in [0.2, 0.25) is 0 Å². The minimum absolute atomic E-state index is 0.196. The van der Waals surface area contributed by atoms with Crippen molar-refractivity contribution in [3.8, 4) is 17.2 Å². The van der Waals surface area contributed by atoms with Gasteiger partial charge in [0, 0.05) is 9.79 Å². The number of carbonyl (C=O) groups excluding carboxylic acids is 2. The number of methoxy groups -OCH3 is 2. The van der Waals surface area contributed by atoms with Crippen LogP contribution < -0.4 is 19.1 Å². The first-order valence-electron chi connectivity index (χ1n) is 13.8. The number of anilines is 1. The number of imide groups is 1. The van der Waals surface area contributed by atoms with Crippen LogP contribution in [0.3, 0.4) is 0 Å². The van der Waals surface area contributed by atoms with Crippen LogP contribution in [0.15, 0.2) is 92.4 Å². The molecule has 0 unspecified atom stereocenters. The molecule has 3 aromatic rings. The Morgan fingerprint density at radius 2 is 1.04 bits per heavy atom. The molecule has 0 atom stereocenters. The molecule has 1 aliphatic heterocycles. The van der Waals surface area contributed by atoms with E-state index in [9.17, 15) is 14.4 Å². The molecule has 0 aromatic heterocycles. The molecule has 11 nitrogen and oxygen atoms in total. The molecule has 0 spiro atoms. The largest absolute Gasteiger partial charge is 0.497 e. The van der Waals surface area contributed by atoms with E-state index in [4.69, 9.17) is 33.5 Å². The lowest BCUT2D eigenvalue weighted by Gasteiger charge is -2.16. The van der Waals surface area contributed by atoms with Crippen LogP contribution in [0, 0.1) is 0 Å². The summed E-state index contributed by atoms with van der Waals surface area (Å²) in [5, 5.41) is 8.50. The number of benzene rings is 3. The second kappa shape index (κ2) is 17.5. The summed E-state index contributed by atoms with van der Waals surface area (Å²) < 4.78 is 31.9. The molecule has 1 heterocycles. The molecular formula is C32H33NO10S2. The number of aliphatic carboxylic acids is 1. The van der Waals surface area contributed by atoms with E-state index in [1.54, 1.807) is 62.8 Å². The maximum Gasteiger partial charge on any atom is 0.329 e. The Kier molecular flexibility index (Phi) is 13.2. The Morgan fingerprint density at radius 3 is 1.49 bits per heavy atom. The lowest BCUT2D eigenvalue weighted by atomic mass is 10.3. The van der Waals surface area contributed by atoms with Crippen LogP contribution in [0.5, 0.6) is 17.2 Å². The van der Waals surface area contributed by atoms with Crippen molar-refractivity contribution in [2.45, 2.75) is 9.79 Å². The summed E-state index contributed by atoms with van der Waals surface area (Å²) in [4.78, 5) is 41.2. The van der Waals surface area contributed by atoms with Crippen LogP contribution >= 0.6 is 23.5 Å². The number of nitrogens with zero attached hydrogens (tertiary/aromatic N) is 1. The first kappa shape index (κ1) is 33.9. The summed E-state index contributed by atoms with van der Waals surface area (Å²) in [6.07, 6.45) is 0. The minimum Gasteiger partial charge on any atom is -0.497 e. The van der Waals surface area contributed by atoms with Gasteiger partial charge in [-0.1, -0.05) is 23.5 Å². The smallest absolute Gasteiger partial charge is 0.329 e. The Hall–Kier alpha value is -4.01. The highest BCUT2D eigenvalue weighted by molar-refractivity contribution is 8.08. The molecule has 0 aliphatic carbocycles. The molecule has 238 valence electrons. The van der Waals surface area contributed by atoms with Gasteiger partial charge >= 0.3 is 5.97 Å². The van der Waals surface area contributed by atoms with Gasteiger partial charge in [-0.2, -0.15) is 0 Å². The highest BCUT2D eigenvalue weighted by Gasteiger charge is 2.40. The van der Waals surface area contributed by atoms with Crippen molar-refractivity contribution in [1.29, 1.82) is 0 Å². The average molecular weight is 656 g/mol. The van der Waals surface area contributed by atoms with Gasteiger partial charge in [-0.25, -0.2) is 9.69 Å². The molecule has 3 aromatic carbocycles. The topological polar surface area (TPSA) is 130 Å². The van der Waals surface area contributed by atoms with E-state index in [0.717, 1.165) is 9.79 Å². The van der Waals surface area contributed by atoms with E-state index in [1.807, 2.05) is 24.3 Å². The van der Waals surface area contributed by atoms with E-state index in [-0.39, 0.29) is 26.4 Å². The van der Waals surface area contributed by atoms with Gasteiger partial charge in [-0.15, -0.1) is 0 Å². The highest BCUT2D eigenvalue weighted by atomic mass is 32.2. The third-order valence-electron chi connectivity index (χ3n) is 6.12. The molecule has 0 fully saturated rings. The van der Waals surface area contributed by atoms with Gasteiger partial charge in [0.25, 0.3) is 11.8 Å². The number of rotatable bonds is 19. The predicted octanol–water partition coefficient (Wildman–Crippen LogP) is 4.89. The number of hydrogen-bond acceptors (Lipinski definition) is 11. The Balaban J connectivity index is 1.34. The fourth-order valence-electron chi connectivity index (χ4n) is 3.94. The molecule has 45 heavy (non-hydrogen) atoms. The van der Waals surface area contributed by atoms with Gasteiger partial charge in [-0.3, -0.25) is 9.59 Å². The van der Waals surface area contributed by atoms with Crippen molar-refractivity contribution in [3.63, 3.8) is 0 Å². The summed E-state index contributed by atoms with van der Waals surface area (Å²) in [6.45, 7) is 1.42. The summed E-state index contributed by atoms with van der Waals surface area (Å²) in [5.74, 6) is 0.102. The van der Waals surface area contributed by atoms with Crippen molar-refractivity contribution in [1.82, 2.24) is 0 Å². The van der Waals surface area contributed by atoms with E-state index >= 15 is 0 Å². The van der Waals surface area contributed by atoms with E-state index < -0.39 is 17.8 Å². The summed E-state index contributed by atoms with van der Waals surface area (Å²) in [7, 11) is 3.17. The van der Waals surface area contributed by atoms with Gasteiger partial charge in [0.15, 0.2) is 0 Å². The molecule has 4 rings (SSSR count). The van der Waals surface area contributed by atoms with E-state index in [2.05, 4.69) is 0 Å². The first-order chi connectivity index (χ1) is 21.9. The molecule has 13 heteroatoms. The van der Waals surface area contributed by atoms with Crippen molar-refractivity contribution in [2.24, 2.45) is 0 Å². The number of amides is 2. The normalized spacial score (nSPS) is 13.0.